The number of hydrogen-bond acceptors (Lipinski definition) is 33. The molecular weight excluding hydrogens is 1220 g/mol. The van der Waals surface area contributed by atoms with Crippen molar-refractivity contribution in [2.45, 2.75) is 195 Å². The topological polar surface area (TPSA) is 427 Å². The average Bonchev–Trinajstić information content (AvgIpc) is 1.63. The third kappa shape index (κ3) is 28.4. The van der Waals surface area contributed by atoms with Gasteiger partial charge in [0.1, 0.15) is 97.7 Å². The van der Waals surface area contributed by atoms with Gasteiger partial charge in [-0.3, -0.25) is 4.18 Å². The van der Waals surface area contributed by atoms with Crippen LogP contribution in [0.1, 0.15) is 56.8 Å². The average molecular weight is 1320 g/mol. The number of carbonyl (C=O) groups excluding carboxylic acids is 1. The summed E-state index contributed by atoms with van der Waals surface area (Å²) in [5.74, 6) is -2.66. The predicted octanol–water partition coefficient (Wildman–Crippen LogP) is -7.08. The number of carbonyl (C=O) groups is 1. The van der Waals surface area contributed by atoms with Crippen LogP contribution in [0.4, 0.5) is 0 Å². The fraction of sp³-hybridized carbons (Fsp3) is 0.981. The molecule has 0 bridgehead atoms. The molecule has 7 rings (SSSR count). The van der Waals surface area contributed by atoms with E-state index in [9.17, 15) is 49.0 Å². The Bertz CT molecular complexity index is 1990. The Hall–Kier alpha value is -0.580. The summed E-state index contributed by atoms with van der Waals surface area (Å²) in [6, 6.07) is 0. The van der Waals surface area contributed by atoms with Gasteiger partial charge < -0.3 is 147 Å². The third-order valence-corrected chi connectivity index (χ3v) is 13.9. The fourth-order valence-electron chi connectivity index (χ4n) is 9.12. The van der Waals surface area contributed by atoms with E-state index < -0.39 is 132 Å². The molecule has 7 aliphatic rings. The van der Waals surface area contributed by atoms with Gasteiger partial charge in [-0.25, -0.2) is 0 Å². The van der Waals surface area contributed by atoms with E-state index in [1.54, 1.807) is 28.1 Å². The number of hydrogen-bond donors (Lipinski definition) is 9. The number of methoxy groups -OCH3 is 3. The molecule has 33 nitrogen and oxygen atoms in total. The first kappa shape index (κ1) is 83.5. The molecule has 88 heavy (non-hydrogen) atoms. The molecule has 0 aromatic heterocycles. The molecule has 0 aromatic rings. The number of aliphatic hydroxyl groups excluding tert-OH is 9. The van der Waals surface area contributed by atoms with Crippen LogP contribution in [0.15, 0.2) is 0 Å². The van der Waals surface area contributed by atoms with Crippen molar-refractivity contribution in [1.82, 2.24) is 0 Å². The first-order chi connectivity index (χ1) is 40.8. The number of rotatable bonds is 31. The second kappa shape index (κ2) is 40.7. The van der Waals surface area contributed by atoms with Gasteiger partial charge in [0.05, 0.1) is 119 Å². The standard InChI is InChI=1S/C17H30O8.C12H20O6.2C11H22O8.C2H6O3S.Na.H/c1-16(2)21-10-11(23-16)12-13(20-9-8-19-7-6-18-5)14-15(22-12)25-17(3,4)24-14;1-11(2)14-5-6(16-11)8-7(13)9-10(15-8)18-12(3,4)17-9;1-16-2-3-17-4-5-18-10-8(14)11(15)19-9(10)7(13)6-12;1-17-2-3-18-4-5-19-11(9(15)7-13)10(16)8(14)6-12;1-5-6(2,3)4;;/h11-15H,6-10H2,1-5H3;6-10,13H,5H2,1-4H3;7-15H,2-6H2,1H3;7-12,14-16H,2-6H2,1H3;1-2H3;;/q;;;;;+1;-1. The van der Waals surface area contributed by atoms with E-state index in [0.717, 1.165) is 13.4 Å². The van der Waals surface area contributed by atoms with E-state index in [-0.39, 0.29) is 94.2 Å². The summed E-state index contributed by atoms with van der Waals surface area (Å²) in [6.45, 7) is 18.7. The molecule has 9 N–H and O–H groups in total. The van der Waals surface area contributed by atoms with Crippen molar-refractivity contribution in [3.05, 3.63) is 0 Å². The second-order valence-corrected chi connectivity index (χ2v) is 23.9. The van der Waals surface area contributed by atoms with Crippen LogP contribution in [0.2, 0.25) is 0 Å². The van der Waals surface area contributed by atoms with Crippen LogP contribution in [0.25, 0.3) is 0 Å². The van der Waals surface area contributed by atoms with Crippen LogP contribution in [-0.2, 0) is 114 Å². The molecular formula is C53H101NaO33S. The fourth-order valence-corrected chi connectivity index (χ4v) is 9.12. The Morgan fingerprint density at radius 2 is 0.977 bits per heavy atom. The molecule has 518 valence electrons. The van der Waals surface area contributed by atoms with Crippen molar-refractivity contribution in [3.8, 4) is 0 Å². The summed E-state index contributed by atoms with van der Waals surface area (Å²) >= 11 is 0. The summed E-state index contributed by atoms with van der Waals surface area (Å²) in [5, 5.41) is 84.6. The molecule has 19 atom stereocenters. The second-order valence-electron chi connectivity index (χ2n) is 22.2. The predicted molar refractivity (Wildman–Crippen MR) is 295 cm³/mol. The van der Waals surface area contributed by atoms with Crippen LogP contribution in [0.5, 0.6) is 0 Å². The van der Waals surface area contributed by atoms with Crippen LogP contribution in [0.3, 0.4) is 0 Å². The van der Waals surface area contributed by atoms with Crippen LogP contribution in [-0.4, -0.2) is 341 Å². The van der Waals surface area contributed by atoms with Crippen molar-refractivity contribution in [1.29, 1.82) is 0 Å². The van der Waals surface area contributed by atoms with Gasteiger partial charge >= 0.3 is 29.6 Å². The monoisotopic (exact) mass is 1320 g/mol. The Morgan fingerprint density at radius 3 is 1.40 bits per heavy atom. The summed E-state index contributed by atoms with van der Waals surface area (Å²) in [4.78, 5) is 10.5. The Labute approximate surface area is 538 Å². The molecule has 7 saturated heterocycles. The summed E-state index contributed by atoms with van der Waals surface area (Å²) < 4.78 is 133. The minimum atomic E-state index is -3.16. The van der Waals surface area contributed by atoms with Crippen molar-refractivity contribution in [2.24, 2.45) is 0 Å². The normalized spacial score (nSPS) is 32.9. The summed E-state index contributed by atoms with van der Waals surface area (Å²) in [6.07, 6.45) is -14.8. The van der Waals surface area contributed by atoms with Gasteiger partial charge in [-0.05, 0) is 55.4 Å². The molecule has 0 radical (unpaired) electrons. The zero-order chi connectivity index (χ0) is 65.3. The zero-order valence-corrected chi connectivity index (χ0v) is 55.9. The summed E-state index contributed by atoms with van der Waals surface area (Å²) in [5.41, 5.74) is 0. The number of aliphatic hydroxyl groups is 9. The van der Waals surface area contributed by atoms with E-state index in [1.807, 2.05) is 41.5 Å². The van der Waals surface area contributed by atoms with Gasteiger partial charge in [0.25, 0.3) is 10.1 Å². The van der Waals surface area contributed by atoms with Crippen molar-refractivity contribution >= 4 is 16.4 Å². The molecule has 35 heteroatoms. The molecule has 0 amide bonds. The van der Waals surface area contributed by atoms with Crippen molar-refractivity contribution in [2.75, 3.05) is 140 Å². The van der Waals surface area contributed by atoms with Gasteiger partial charge in [-0.1, -0.05) is 0 Å². The number of ether oxygens (including phenoxy) is 20. The third-order valence-electron chi connectivity index (χ3n) is 13.3. The first-order valence-corrected chi connectivity index (χ1v) is 30.2. The van der Waals surface area contributed by atoms with Crippen LogP contribution in [0, 0.1) is 0 Å². The number of fused-ring (bicyclic) bond motifs is 2. The summed E-state index contributed by atoms with van der Waals surface area (Å²) in [7, 11) is 2.70. The molecule has 0 saturated carbocycles. The van der Waals surface area contributed by atoms with E-state index in [2.05, 4.69) is 4.18 Å². The van der Waals surface area contributed by atoms with Crippen molar-refractivity contribution in [3.63, 3.8) is 0 Å². The van der Waals surface area contributed by atoms with Gasteiger partial charge in [0.15, 0.2) is 48.3 Å². The largest absolute Gasteiger partial charge is 1.00 e. The molecule has 7 heterocycles. The van der Waals surface area contributed by atoms with E-state index >= 15 is 0 Å². The minimum Gasteiger partial charge on any atom is -1.00 e. The van der Waals surface area contributed by atoms with Gasteiger partial charge in [0.2, 0.25) is 0 Å². The SMILES string of the molecule is CC1(C)OCC(C2OC3OC(C)(C)OC3C2O)O1.COCCOCCOC(C(O)C=O)C(O)C(O)CO.COCCOCCOC1C(C2COC(C)(C)O2)OC2OC(C)(C)OC21.COCCOCCOC1C(O)C(O)OC1C(O)CO.COS(C)(=O)=O.[H-].[Na+]. The van der Waals surface area contributed by atoms with Crippen LogP contribution >= 0.6 is 0 Å². The van der Waals surface area contributed by atoms with E-state index in [0.29, 0.717) is 66.1 Å². The minimum absolute atomic E-state index is 0. The molecule has 0 aliphatic carbocycles. The van der Waals surface area contributed by atoms with E-state index in [4.69, 9.17) is 105 Å². The maximum atomic E-state index is 10.5. The Kier molecular flexibility index (Phi) is 38.7. The molecule has 0 spiro atoms. The first-order valence-electron chi connectivity index (χ1n) is 28.4. The van der Waals surface area contributed by atoms with E-state index in [1.165, 1.54) is 7.11 Å². The molecule has 7 aliphatic heterocycles. The Morgan fingerprint density at radius 1 is 0.545 bits per heavy atom. The molecule has 19 unspecified atom stereocenters. The quantitative estimate of drug-likeness (QED) is 0.0135. The maximum absolute atomic E-state index is 10.5. The number of aldehydes is 1. The smallest absolute Gasteiger partial charge is 1.00 e. The zero-order valence-electron chi connectivity index (χ0n) is 54.1. The molecule has 0 aromatic carbocycles. The van der Waals surface area contributed by atoms with Crippen LogP contribution < -0.4 is 29.6 Å². The van der Waals surface area contributed by atoms with Crippen molar-refractivity contribution < 1.29 is 189 Å². The Balaban J connectivity index is 0.000000575. The van der Waals surface area contributed by atoms with Gasteiger partial charge in [-0.2, -0.15) is 8.42 Å². The maximum Gasteiger partial charge on any atom is 1.00 e. The van der Waals surface area contributed by atoms with Gasteiger partial charge in [0, 0.05) is 21.3 Å². The molecule has 7 fully saturated rings. The van der Waals surface area contributed by atoms with Gasteiger partial charge in [-0.15, -0.1) is 0 Å².